The summed E-state index contributed by atoms with van der Waals surface area (Å²) in [5, 5.41) is 11.9. The van der Waals surface area contributed by atoms with Crippen LogP contribution >= 0.6 is 0 Å². The van der Waals surface area contributed by atoms with Crippen LogP contribution in [0.25, 0.3) is 6.08 Å². The summed E-state index contributed by atoms with van der Waals surface area (Å²) in [5.74, 6) is 0.359. The molecule has 1 heterocycles. The van der Waals surface area contributed by atoms with Crippen LogP contribution in [0.15, 0.2) is 48.0 Å². The van der Waals surface area contributed by atoms with E-state index in [2.05, 4.69) is 5.32 Å². The number of hydrogen-bond acceptors (Lipinski definition) is 7. The van der Waals surface area contributed by atoms with Crippen molar-refractivity contribution in [1.29, 1.82) is 5.26 Å². The second-order valence-electron chi connectivity index (χ2n) is 6.28. The van der Waals surface area contributed by atoms with Crippen molar-refractivity contribution >= 4 is 23.6 Å². The Kier molecular flexibility index (Phi) is 6.55. The monoisotopic (exact) mass is 408 g/mol. The maximum absolute atomic E-state index is 12.3. The van der Waals surface area contributed by atoms with Gasteiger partial charge in [-0.3, -0.25) is 4.79 Å². The summed E-state index contributed by atoms with van der Waals surface area (Å²) in [5.41, 5.74) is 0.879. The third-order valence-corrected chi connectivity index (χ3v) is 4.14. The number of esters is 1. The van der Waals surface area contributed by atoms with Crippen molar-refractivity contribution in [1.82, 2.24) is 0 Å². The molecule has 1 aliphatic heterocycles. The molecule has 0 bridgehead atoms. The lowest BCUT2D eigenvalue weighted by Crippen LogP contribution is -2.30. The quantitative estimate of drug-likeness (QED) is 0.426. The van der Waals surface area contributed by atoms with E-state index in [0.717, 1.165) is 0 Å². The van der Waals surface area contributed by atoms with Crippen molar-refractivity contribution in [2.75, 3.05) is 18.7 Å². The fraction of sp³-hybridized carbons (Fsp3) is 0.227. The Hall–Kier alpha value is -3.99. The molecular formula is C22H20N2O6. The number of benzene rings is 2. The molecule has 1 aliphatic rings. The first-order valence-corrected chi connectivity index (χ1v) is 9.26. The highest BCUT2D eigenvalue weighted by Crippen LogP contribution is 2.34. The number of nitriles is 1. The van der Waals surface area contributed by atoms with Crippen molar-refractivity contribution in [2.24, 2.45) is 0 Å². The van der Waals surface area contributed by atoms with E-state index in [1.807, 2.05) is 6.92 Å². The van der Waals surface area contributed by atoms with Crippen molar-refractivity contribution in [3.05, 3.63) is 53.6 Å². The molecule has 1 N–H and O–H groups in total. The first-order chi connectivity index (χ1) is 14.5. The number of ether oxygens (including phenoxy) is 4. The van der Waals surface area contributed by atoms with Gasteiger partial charge in [-0.05, 0) is 49.8 Å². The first kappa shape index (κ1) is 20.7. The van der Waals surface area contributed by atoms with E-state index in [9.17, 15) is 14.9 Å². The molecule has 1 amide bonds. The molecule has 8 nitrogen and oxygen atoms in total. The molecule has 1 atom stereocenters. The van der Waals surface area contributed by atoms with Crippen molar-refractivity contribution in [2.45, 2.75) is 20.0 Å². The van der Waals surface area contributed by atoms with Gasteiger partial charge in [-0.2, -0.15) is 5.26 Å². The zero-order valence-corrected chi connectivity index (χ0v) is 16.5. The van der Waals surface area contributed by atoms with Gasteiger partial charge in [-0.25, -0.2) is 4.79 Å². The third-order valence-electron chi connectivity index (χ3n) is 4.14. The Morgan fingerprint density at radius 2 is 1.93 bits per heavy atom. The van der Waals surface area contributed by atoms with Gasteiger partial charge in [0.05, 0.1) is 6.61 Å². The van der Waals surface area contributed by atoms with Crippen LogP contribution in [0.3, 0.4) is 0 Å². The van der Waals surface area contributed by atoms with Gasteiger partial charge in [-0.1, -0.05) is 12.1 Å². The predicted octanol–water partition coefficient (Wildman–Crippen LogP) is 3.29. The van der Waals surface area contributed by atoms with E-state index >= 15 is 0 Å². The van der Waals surface area contributed by atoms with E-state index < -0.39 is 18.0 Å². The number of amides is 1. The molecule has 0 aliphatic carbocycles. The second kappa shape index (κ2) is 9.47. The van der Waals surface area contributed by atoms with Crippen LogP contribution in [0.1, 0.15) is 19.4 Å². The average molecular weight is 408 g/mol. The molecule has 2 aromatic rings. The van der Waals surface area contributed by atoms with Gasteiger partial charge in [0.2, 0.25) is 6.79 Å². The van der Waals surface area contributed by atoms with Gasteiger partial charge in [0.25, 0.3) is 5.91 Å². The largest absolute Gasteiger partial charge is 0.494 e. The van der Waals surface area contributed by atoms with E-state index in [-0.39, 0.29) is 12.4 Å². The van der Waals surface area contributed by atoms with Crippen LogP contribution in [0.4, 0.5) is 5.69 Å². The molecule has 0 radical (unpaired) electrons. The van der Waals surface area contributed by atoms with Gasteiger partial charge < -0.3 is 24.3 Å². The van der Waals surface area contributed by atoms with Crippen LogP contribution < -0.4 is 19.5 Å². The van der Waals surface area contributed by atoms with Gasteiger partial charge in [-0.15, -0.1) is 0 Å². The topological polar surface area (TPSA) is 107 Å². The standard InChI is InChI=1S/C22H20N2O6/c1-3-27-18-7-4-15(5-8-18)10-16(12-23)22(26)30-14(2)21(25)24-17-6-9-19-20(11-17)29-13-28-19/h4-11,14H,3,13H2,1-2H3,(H,24,25)/b16-10+/t14-/m0/s1. The number of carbonyl (C=O) groups excluding carboxylic acids is 2. The summed E-state index contributed by atoms with van der Waals surface area (Å²) < 4.78 is 21.0. The molecule has 154 valence electrons. The zero-order valence-electron chi connectivity index (χ0n) is 16.5. The number of hydrogen-bond donors (Lipinski definition) is 1. The Balaban J connectivity index is 1.61. The normalized spacial score (nSPS) is 13.2. The lowest BCUT2D eigenvalue weighted by Gasteiger charge is -2.13. The maximum atomic E-state index is 12.3. The Labute approximate surface area is 173 Å². The molecule has 30 heavy (non-hydrogen) atoms. The van der Waals surface area contributed by atoms with Crippen LogP contribution in [0.2, 0.25) is 0 Å². The minimum absolute atomic E-state index is 0.123. The lowest BCUT2D eigenvalue weighted by atomic mass is 10.1. The molecule has 0 spiro atoms. The summed E-state index contributed by atoms with van der Waals surface area (Å²) in [7, 11) is 0. The number of fused-ring (bicyclic) bond motifs is 1. The summed E-state index contributed by atoms with van der Waals surface area (Å²) in [4.78, 5) is 24.7. The van der Waals surface area contributed by atoms with E-state index in [0.29, 0.717) is 35.1 Å². The van der Waals surface area contributed by atoms with E-state index in [4.69, 9.17) is 18.9 Å². The highest BCUT2D eigenvalue weighted by atomic mass is 16.7. The van der Waals surface area contributed by atoms with Gasteiger partial charge >= 0.3 is 5.97 Å². The zero-order chi connectivity index (χ0) is 21.5. The average Bonchev–Trinajstić information content (AvgIpc) is 3.21. The smallest absolute Gasteiger partial charge is 0.349 e. The first-order valence-electron chi connectivity index (χ1n) is 9.26. The molecule has 8 heteroatoms. The van der Waals surface area contributed by atoms with Crippen molar-refractivity contribution in [3.8, 4) is 23.3 Å². The molecule has 0 saturated heterocycles. The van der Waals surface area contributed by atoms with Crippen molar-refractivity contribution < 1.29 is 28.5 Å². The summed E-state index contributed by atoms with van der Waals surface area (Å²) in [6, 6.07) is 13.6. The van der Waals surface area contributed by atoms with E-state index in [1.165, 1.54) is 13.0 Å². The molecule has 0 unspecified atom stereocenters. The van der Waals surface area contributed by atoms with Crippen LogP contribution in [-0.4, -0.2) is 31.4 Å². The minimum Gasteiger partial charge on any atom is -0.494 e. The number of anilines is 1. The number of nitrogens with zero attached hydrogens (tertiary/aromatic N) is 1. The predicted molar refractivity (Wildman–Crippen MR) is 108 cm³/mol. The molecule has 3 rings (SSSR count). The Bertz CT molecular complexity index is 1010. The molecule has 0 saturated carbocycles. The van der Waals surface area contributed by atoms with Gasteiger partial charge in [0.1, 0.15) is 17.4 Å². The molecular weight excluding hydrogens is 388 g/mol. The maximum Gasteiger partial charge on any atom is 0.349 e. The second-order valence-corrected chi connectivity index (χ2v) is 6.28. The van der Waals surface area contributed by atoms with Gasteiger partial charge in [0, 0.05) is 11.8 Å². The number of rotatable bonds is 7. The lowest BCUT2D eigenvalue weighted by molar-refractivity contribution is -0.148. The Morgan fingerprint density at radius 3 is 2.63 bits per heavy atom. The van der Waals surface area contributed by atoms with Crippen LogP contribution in [0.5, 0.6) is 17.2 Å². The van der Waals surface area contributed by atoms with Crippen LogP contribution in [0, 0.1) is 11.3 Å². The summed E-state index contributed by atoms with van der Waals surface area (Å²) >= 11 is 0. The molecule has 2 aromatic carbocycles. The fourth-order valence-corrected chi connectivity index (χ4v) is 2.63. The Morgan fingerprint density at radius 1 is 1.20 bits per heavy atom. The van der Waals surface area contributed by atoms with E-state index in [1.54, 1.807) is 48.5 Å². The van der Waals surface area contributed by atoms with Crippen LogP contribution in [-0.2, 0) is 14.3 Å². The summed E-state index contributed by atoms with van der Waals surface area (Å²) in [6.45, 7) is 3.96. The number of nitrogens with one attached hydrogen (secondary N) is 1. The fourth-order valence-electron chi connectivity index (χ4n) is 2.63. The highest BCUT2D eigenvalue weighted by molar-refractivity contribution is 6.01. The number of carbonyl (C=O) groups is 2. The molecule has 0 aromatic heterocycles. The summed E-state index contributed by atoms with van der Waals surface area (Å²) in [6.07, 6.45) is 0.278. The molecule has 0 fully saturated rings. The van der Waals surface area contributed by atoms with Crippen molar-refractivity contribution in [3.63, 3.8) is 0 Å². The van der Waals surface area contributed by atoms with Gasteiger partial charge in [0.15, 0.2) is 17.6 Å². The SMILES string of the molecule is CCOc1ccc(/C=C(\C#N)C(=O)O[C@@H](C)C(=O)Nc2ccc3c(c2)OCO3)cc1. The minimum atomic E-state index is -1.11. The highest BCUT2D eigenvalue weighted by Gasteiger charge is 2.22. The third kappa shape index (κ3) is 5.08.